The lowest BCUT2D eigenvalue weighted by Crippen LogP contribution is -1.99. The average molecular weight is 236 g/mol. The average Bonchev–Trinajstić information content (AvgIpc) is 2.83. The summed E-state index contributed by atoms with van der Waals surface area (Å²) in [5.74, 6) is 2.66. The number of terminal acetylenes is 1. The minimum atomic E-state index is 0.542. The molecule has 1 aromatic heterocycles. The molecule has 0 radical (unpaired) electrons. The maximum absolute atomic E-state index is 5.40. The molecule has 2 nitrogen and oxygen atoms in total. The predicted octanol–water partition coefficient (Wildman–Crippen LogP) is 3.61. The normalized spacial score (nSPS) is 11.3. The fraction of sp³-hybridized carbons (Fsp3) is 0.188. The fourth-order valence-electron chi connectivity index (χ4n) is 1.96. The van der Waals surface area contributed by atoms with E-state index >= 15 is 0 Å². The molecule has 0 N–H and O–H groups in total. The van der Waals surface area contributed by atoms with E-state index in [1.807, 2.05) is 36.0 Å². The van der Waals surface area contributed by atoms with Crippen molar-refractivity contribution < 1.29 is 0 Å². The standard InChI is InChI=1S/C16H16N2/c1-4-11-18-12-17-15(16(18)13(3)5-2)14-9-7-6-8-10-14/h1,5-10,12H,11H2,2-3H3. The molecule has 90 valence electrons. The number of imidazole rings is 1. The second-order valence-corrected chi connectivity index (χ2v) is 4.11. The molecule has 18 heavy (non-hydrogen) atoms. The SMILES string of the molecule is C#CCn1cnc(-c2ccccc2)c1C(C)=CC. The number of rotatable bonds is 3. The van der Waals surface area contributed by atoms with Gasteiger partial charge in [0.15, 0.2) is 0 Å². The minimum Gasteiger partial charge on any atom is -0.319 e. The van der Waals surface area contributed by atoms with Gasteiger partial charge >= 0.3 is 0 Å². The van der Waals surface area contributed by atoms with Crippen LogP contribution in [-0.4, -0.2) is 9.55 Å². The van der Waals surface area contributed by atoms with Crippen molar-refractivity contribution in [1.82, 2.24) is 9.55 Å². The summed E-state index contributed by atoms with van der Waals surface area (Å²) in [7, 11) is 0. The number of benzene rings is 1. The van der Waals surface area contributed by atoms with Crippen LogP contribution in [-0.2, 0) is 6.54 Å². The van der Waals surface area contributed by atoms with Crippen molar-refractivity contribution in [3.05, 3.63) is 48.4 Å². The second kappa shape index (κ2) is 5.37. The van der Waals surface area contributed by atoms with Crippen LogP contribution in [0.25, 0.3) is 16.8 Å². The van der Waals surface area contributed by atoms with Crippen LogP contribution in [0.15, 0.2) is 42.7 Å². The van der Waals surface area contributed by atoms with Gasteiger partial charge in [-0.3, -0.25) is 0 Å². The Bertz CT molecular complexity index is 598. The highest BCUT2D eigenvalue weighted by atomic mass is 15.1. The van der Waals surface area contributed by atoms with Gasteiger partial charge in [0, 0.05) is 5.56 Å². The van der Waals surface area contributed by atoms with Gasteiger partial charge in [0.25, 0.3) is 0 Å². The first-order chi connectivity index (χ1) is 8.77. The Labute approximate surface area is 108 Å². The molecule has 2 aromatic rings. The number of hydrogen-bond acceptors (Lipinski definition) is 1. The van der Waals surface area contributed by atoms with Crippen molar-refractivity contribution in [2.24, 2.45) is 0 Å². The van der Waals surface area contributed by atoms with Gasteiger partial charge < -0.3 is 4.57 Å². The van der Waals surface area contributed by atoms with Gasteiger partial charge in [0.1, 0.15) is 0 Å². The van der Waals surface area contributed by atoms with E-state index in [4.69, 9.17) is 6.42 Å². The van der Waals surface area contributed by atoms with Crippen molar-refractivity contribution >= 4 is 5.57 Å². The van der Waals surface area contributed by atoms with E-state index < -0.39 is 0 Å². The molecular weight excluding hydrogens is 220 g/mol. The molecule has 2 heteroatoms. The van der Waals surface area contributed by atoms with Crippen LogP contribution in [0.3, 0.4) is 0 Å². The third-order valence-corrected chi connectivity index (χ3v) is 2.95. The zero-order valence-electron chi connectivity index (χ0n) is 10.7. The predicted molar refractivity (Wildman–Crippen MR) is 75.8 cm³/mol. The molecule has 0 aliphatic carbocycles. The zero-order valence-corrected chi connectivity index (χ0v) is 10.7. The van der Waals surface area contributed by atoms with Gasteiger partial charge in [-0.15, -0.1) is 6.42 Å². The van der Waals surface area contributed by atoms with Crippen molar-refractivity contribution in [3.63, 3.8) is 0 Å². The largest absolute Gasteiger partial charge is 0.319 e. The molecule has 0 amide bonds. The number of allylic oxidation sites excluding steroid dienone is 2. The summed E-state index contributed by atoms with van der Waals surface area (Å²) in [4.78, 5) is 4.50. The van der Waals surface area contributed by atoms with Crippen molar-refractivity contribution in [2.45, 2.75) is 20.4 Å². The molecule has 1 aromatic carbocycles. The quantitative estimate of drug-likeness (QED) is 0.744. The van der Waals surface area contributed by atoms with Crippen LogP contribution in [0.2, 0.25) is 0 Å². The first kappa shape index (κ1) is 12.2. The Hall–Kier alpha value is -2.27. The molecule has 0 aliphatic heterocycles. The third-order valence-electron chi connectivity index (χ3n) is 2.95. The lowest BCUT2D eigenvalue weighted by atomic mass is 10.1. The Morgan fingerprint density at radius 3 is 2.72 bits per heavy atom. The molecule has 0 spiro atoms. The topological polar surface area (TPSA) is 17.8 Å². The lowest BCUT2D eigenvalue weighted by molar-refractivity contribution is 0.826. The summed E-state index contributed by atoms with van der Waals surface area (Å²) in [5.41, 5.74) is 4.38. The Balaban J connectivity index is 2.59. The first-order valence-corrected chi connectivity index (χ1v) is 5.95. The lowest BCUT2D eigenvalue weighted by Gasteiger charge is -2.08. The Morgan fingerprint density at radius 2 is 2.11 bits per heavy atom. The van der Waals surface area contributed by atoms with E-state index in [1.54, 1.807) is 0 Å². The second-order valence-electron chi connectivity index (χ2n) is 4.11. The summed E-state index contributed by atoms with van der Waals surface area (Å²) in [5, 5.41) is 0. The summed E-state index contributed by atoms with van der Waals surface area (Å²) < 4.78 is 2.01. The van der Waals surface area contributed by atoms with E-state index in [2.05, 4.69) is 36.0 Å². The highest BCUT2D eigenvalue weighted by Gasteiger charge is 2.13. The molecule has 1 heterocycles. The molecule has 0 unspecified atom stereocenters. The van der Waals surface area contributed by atoms with Crippen molar-refractivity contribution in [1.29, 1.82) is 0 Å². The summed E-state index contributed by atoms with van der Waals surface area (Å²) in [6.07, 6.45) is 9.29. The zero-order chi connectivity index (χ0) is 13.0. The first-order valence-electron chi connectivity index (χ1n) is 5.95. The molecule has 2 rings (SSSR count). The highest BCUT2D eigenvalue weighted by molar-refractivity contribution is 5.76. The minimum absolute atomic E-state index is 0.542. The number of aromatic nitrogens is 2. The molecular formula is C16H16N2. The highest BCUT2D eigenvalue weighted by Crippen LogP contribution is 2.27. The smallest absolute Gasteiger partial charge is 0.0967 e. The van der Waals surface area contributed by atoms with E-state index in [0.717, 1.165) is 17.0 Å². The van der Waals surface area contributed by atoms with E-state index in [1.165, 1.54) is 5.57 Å². The van der Waals surface area contributed by atoms with Crippen LogP contribution in [0.5, 0.6) is 0 Å². The van der Waals surface area contributed by atoms with Crippen LogP contribution >= 0.6 is 0 Å². The maximum atomic E-state index is 5.40. The fourth-order valence-corrected chi connectivity index (χ4v) is 1.96. The number of nitrogens with zero attached hydrogens (tertiary/aromatic N) is 2. The Morgan fingerprint density at radius 1 is 1.39 bits per heavy atom. The maximum Gasteiger partial charge on any atom is 0.0967 e. The van der Waals surface area contributed by atoms with Gasteiger partial charge in [-0.05, 0) is 19.4 Å². The molecule has 0 saturated carbocycles. The van der Waals surface area contributed by atoms with Crippen LogP contribution in [0.4, 0.5) is 0 Å². The third kappa shape index (κ3) is 2.21. The monoisotopic (exact) mass is 236 g/mol. The summed E-state index contributed by atoms with van der Waals surface area (Å²) in [6.45, 7) is 4.65. The van der Waals surface area contributed by atoms with Gasteiger partial charge in [0.05, 0.1) is 24.3 Å². The summed E-state index contributed by atoms with van der Waals surface area (Å²) in [6, 6.07) is 10.2. The van der Waals surface area contributed by atoms with E-state index in [9.17, 15) is 0 Å². The van der Waals surface area contributed by atoms with Gasteiger partial charge in [-0.1, -0.05) is 42.3 Å². The van der Waals surface area contributed by atoms with Gasteiger partial charge in [0.2, 0.25) is 0 Å². The van der Waals surface area contributed by atoms with Crippen molar-refractivity contribution in [3.8, 4) is 23.6 Å². The van der Waals surface area contributed by atoms with Gasteiger partial charge in [-0.25, -0.2) is 4.98 Å². The molecule has 0 saturated heterocycles. The van der Waals surface area contributed by atoms with Crippen LogP contribution in [0, 0.1) is 12.3 Å². The molecule has 0 aliphatic rings. The number of hydrogen-bond donors (Lipinski definition) is 0. The van der Waals surface area contributed by atoms with E-state index in [0.29, 0.717) is 6.54 Å². The summed E-state index contributed by atoms with van der Waals surface area (Å²) >= 11 is 0. The van der Waals surface area contributed by atoms with Gasteiger partial charge in [-0.2, -0.15) is 0 Å². The van der Waals surface area contributed by atoms with E-state index in [-0.39, 0.29) is 0 Å². The van der Waals surface area contributed by atoms with Crippen LogP contribution < -0.4 is 0 Å². The molecule has 0 fully saturated rings. The molecule has 0 bridgehead atoms. The van der Waals surface area contributed by atoms with Crippen LogP contribution in [0.1, 0.15) is 19.5 Å². The van der Waals surface area contributed by atoms with Crippen molar-refractivity contribution in [2.75, 3.05) is 0 Å². The Kier molecular flexibility index (Phi) is 3.64. The molecule has 0 atom stereocenters.